The number of amides is 1. The standard InChI is InChI=1S/C11H14Cl2N2O.C7H5ClO.2ClH/c1-11(2,3)15(14)10(16)7-5-4-6-8(12)9(7)13;8-7(9)6-4-2-1-3-5-6;;/h4-6H,14H2,1-3H3;1-5H;2*1H. The molecule has 0 aliphatic carbocycles. The van der Waals surface area contributed by atoms with Crippen molar-refractivity contribution in [3.63, 3.8) is 0 Å². The van der Waals surface area contributed by atoms with Gasteiger partial charge in [0.25, 0.3) is 11.1 Å². The summed E-state index contributed by atoms with van der Waals surface area (Å²) in [6, 6.07) is 13.6. The predicted molar refractivity (Wildman–Crippen MR) is 118 cm³/mol. The smallest absolute Gasteiger partial charge is 0.269 e. The van der Waals surface area contributed by atoms with E-state index in [1.807, 2.05) is 26.8 Å². The molecule has 0 heterocycles. The molecule has 2 aromatic rings. The summed E-state index contributed by atoms with van der Waals surface area (Å²) in [5.74, 6) is 5.38. The fourth-order valence-electron chi connectivity index (χ4n) is 1.67. The van der Waals surface area contributed by atoms with Crippen LogP contribution in [-0.4, -0.2) is 21.7 Å². The molecule has 9 heteroatoms. The van der Waals surface area contributed by atoms with Gasteiger partial charge in [0, 0.05) is 5.56 Å². The molecule has 27 heavy (non-hydrogen) atoms. The molecule has 0 aromatic heterocycles. The molecule has 4 nitrogen and oxygen atoms in total. The van der Waals surface area contributed by atoms with Gasteiger partial charge in [-0.2, -0.15) is 0 Å². The van der Waals surface area contributed by atoms with Gasteiger partial charge in [-0.3, -0.25) is 14.6 Å². The van der Waals surface area contributed by atoms with Crippen LogP contribution in [0.1, 0.15) is 41.5 Å². The van der Waals surface area contributed by atoms with Gasteiger partial charge in [-0.25, -0.2) is 5.84 Å². The maximum atomic E-state index is 12.0. The monoisotopic (exact) mass is 472 g/mol. The van der Waals surface area contributed by atoms with Crippen LogP contribution in [0.15, 0.2) is 48.5 Å². The van der Waals surface area contributed by atoms with Crippen LogP contribution in [0.4, 0.5) is 0 Å². The van der Waals surface area contributed by atoms with Crippen LogP contribution in [-0.2, 0) is 0 Å². The molecular weight excluding hydrogens is 453 g/mol. The van der Waals surface area contributed by atoms with Crippen molar-refractivity contribution in [1.82, 2.24) is 5.01 Å². The van der Waals surface area contributed by atoms with Crippen molar-refractivity contribution in [2.45, 2.75) is 26.3 Å². The van der Waals surface area contributed by atoms with Gasteiger partial charge in [0.2, 0.25) is 0 Å². The minimum atomic E-state index is -0.470. The fraction of sp³-hybridized carbons (Fsp3) is 0.222. The maximum absolute atomic E-state index is 12.0. The van der Waals surface area contributed by atoms with Crippen LogP contribution in [0.2, 0.25) is 10.0 Å². The van der Waals surface area contributed by atoms with Gasteiger partial charge >= 0.3 is 0 Å². The number of benzene rings is 2. The van der Waals surface area contributed by atoms with E-state index >= 15 is 0 Å². The van der Waals surface area contributed by atoms with Crippen molar-refractivity contribution in [2.75, 3.05) is 0 Å². The molecule has 150 valence electrons. The Morgan fingerprint density at radius 2 is 1.44 bits per heavy atom. The first kappa shape index (κ1) is 28.2. The van der Waals surface area contributed by atoms with E-state index in [2.05, 4.69) is 0 Å². The largest absolute Gasteiger partial charge is 0.276 e. The predicted octanol–water partition coefficient (Wildman–Crippen LogP) is 6.02. The number of hydrazine groups is 1. The van der Waals surface area contributed by atoms with Crippen LogP contribution >= 0.6 is 59.6 Å². The van der Waals surface area contributed by atoms with E-state index in [0.717, 1.165) is 5.01 Å². The summed E-state index contributed by atoms with van der Waals surface area (Å²) in [6.07, 6.45) is 0. The first-order chi connectivity index (χ1) is 11.6. The lowest BCUT2D eigenvalue weighted by Gasteiger charge is -2.31. The summed E-state index contributed by atoms with van der Waals surface area (Å²) >= 11 is 16.9. The van der Waals surface area contributed by atoms with E-state index in [1.54, 1.807) is 42.5 Å². The van der Waals surface area contributed by atoms with Gasteiger partial charge < -0.3 is 0 Å². The van der Waals surface area contributed by atoms with E-state index in [0.29, 0.717) is 16.1 Å². The summed E-state index contributed by atoms with van der Waals surface area (Å²) < 4.78 is 0. The lowest BCUT2D eigenvalue weighted by atomic mass is 10.1. The first-order valence-corrected chi connectivity index (χ1v) is 8.47. The number of hydrogen-bond donors (Lipinski definition) is 1. The molecule has 0 bridgehead atoms. The zero-order valence-corrected chi connectivity index (χ0v) is 18.8. The third-order valence-electron chi connectivity index (χ3n) is 3.12. The molecule has 2 rings (SSSR count). The summed E-state index contributed by atoms with van der Waals surface area (Å²) in [6.45, 7) is 5.51. The Balaban J connectivity index is 0. The van der Waals surface area contributed by atoms with Gasteiger partial charge in [0.1, 0.15) is 0 Å². The van der Waals surface area contributed by atoms with Crippen molar-refractivity contribution in [3.05, 3.63) is 69.7 Å². The van der Waals surface area contributed by atoms with Crippen LogP contribution in [0.5, 0.6) is 0 Å². The summed E-state index contributed by atoms with van der Waals surface area (Å²) in [5, 5.41) is 1.31. The molecule has 0 fully saturated rings. The molecule has 2 aromatic carbocycles. The van der Waals surface area contributed by atoms with Gasteiger partial charge in [-0.15, -0.1) is 24.8 Å². The normalized spacial score (nSPS) is 9.74. The number of nitrogens with two attached hydrogens (primary N) is 1. The van der Waals surface area contributed by atoms with Gasteiger partial charge in [-0.05, 0) is 44.5 Å². The summed E-state index contributed by atoms with van der Waals surface area (Å²) in [7, 11) is 0. The Morgan fingerprint density at radius 3 is 1.85 bits per heavy atom. The minimum Gasteiger partial charge on any atom is -0.276 e. The molecule has 0 saturated heterocycles. The van der Waals surface area contributed by atoms with Crippen LogP contribution in [0, 0.1) is 0 Å². The van der Waals surface area contributed by atoms with Crippen molar-refractivity contribution in [2.24, 2.45) is 5.84 Å². The Kier molecular flexibility index (Phi) is 13.0. The van der Waals surface area contributed by atoms with E-state index in [9.17, 15) is 9.59 Å². The highest BCUT2D eigenvalue weighted by Gasteiger charge is 2.26. The maximum Gasteiger partial charge on any atom is 0.269 e. The highest BCUT2D eigenvalue weighted by molar-refractivity contribution is 6.67. The lowest BCUT2D eigenvalue weighted by molar-refractivity contribution is 0.0582. The number of carbonyl (C=O) groups excluding carboxylic acids is 2. The topological polar surface area (TPSA) is 63.4 Å². The van der Waals surface area contributed by atoms with Crippen LogP contribution in [0.25, 0.3) is 0 Å². The molecule has 0 aliphatic rings. The Bertz CT molecular complexity index is 749. The zero-order chi connectivity index (χ0) is 19.2. The molecule has 2 N–H and O–H groups in total. The molecule has 0 radical (unpaired) electrons. The average Bonchev–Trinajstić information content (AvgIpc) is 2.56. The Hall–Kier alpha value is -1.01. The van der Waals surface area contributed by atoms with E-state index < -0.39 is 10.8 Å². The van der Waals surface area contributed by atoms with Crippen molar-refractivity contribution >= 4 is 70.8 Å². The molecule has 0 spiro atoms. The fourth-order valence-corrected chi connectivity index (χ4v) is 2.18. The number of nitrogens with zero attached hydrogens (tertiary/aromatic N) is 1. The highest BCUT2D eigenvalue weighted by atomic mass is 35.5. The molecule has 0 unspecified atom stereocenters. The second kappa shape index (κ2) is 12.4. The van der Waals surface area contributed by atoms with Crippen molar-refractivity contribution < 1.29 is 9.59 Å². The van der Waals surface area contributed by atoms with E-state index in [4.69, 9.17) is 40.6 Å². The summed E-state index contributed by atoms with van der Waals surface area (Å²) in [5.41, 5.74) is 0.383. The quantitative estimate of drug-likeness (QED) is 0.251. The van der Waals surface area contributed by atoms with Gasteiger partial charge in [-0.1, -0.05) is 59.6 Å². The SMILES string of the molecule is CC(C)(C)N(N)C(=O)c1cccc(Cl)c1Cl.Cl.Cl.O=C(Cl)c1ccccc1. The second-order valence-corrected chi connectivity index (χ2v) is 7.22. The van der Waals surface area contributed by atoms with Gasteiger partial charge in [0.05, 0.1) is 21.1 Å². The van der Waals surface area contributed by atoms with Crippen LogP contribution < -0.4 is 5.84 Å². The third-order valence-corrected chi connectivity index (χ3v) is 4.16. The van der Waals surface area contributed by atoms with E-state index in [1.165, 1.54) is 0 Å². The Labute approximate surface area is 186 Å². The summed E-state index contributed by atoms with van der Waals surface area (Å²) in [4.78, 5) is 22.4. The minimum absolute atomic E-state index is 0. The molecule has 0 aliphatic heterocycles. The van der Waals surface area contributed by atoms with Crippen molar-refractivity contribution in [3.8, 4) is 0 Å². The molecule has 0 atom stereocenters. The number of carbonyl (C=O) groups is 2. The van der Waals surface area contributed by atoms with Gasteiger partial charge in [0.15, 0.2) is 0 Å². The Morgan fingerprint density at radius 1 is 0.926 bits per heavy atom. The molecule has 1 amide bonds. The second-order valence-electron chi connectivity index (χ2n) is 6.09. The average molecular weight is 475 g/mol. The zero-order valence-electron chi connectivity index (χ0n) is 14.9. The molecule has 0 saturated carbocycles. The number of rotatable bonds is 2. The highest BCUT2D eigenvalue weighted by Crippen LogP contribution is 2.27. The number of hydrogen-bond acceptors (Lipinski definition) is 3. The van der Waals surface area contributed by atoms with E-state index in [-0.39, 0.29) is 35.7 Å². The first-order valence-electron chi connectivity index (χ1n) is 7.34. The van der Waals surface area contributed by atoms with Crippen LogP contribution in [0.3, 0.4) is 0 Å². The lowest BCUT2D eigenvalue weighted by Crippen LogP contribution is -2.50. The van der Waals surface area contributed by atoms with Crippen molar-refractivity contribution in [1.29, 1.82) is 0 Å². The number of halogens is 5. The molecular formula is C18H21Cl5N2O2. The third kappa shape index (κ3) is 8.69.